The maximum absolute atomic E-state index is 13.7. The molecule has 1 atom stereocenters. The molecule has 0 fully saturated rings. The molecular weight excluding hydrogens is 300 g/mol. The highest BCUT2D eigenvalue weighted by atomic mass is 35.5. The van der Waals surface area contributed by atoms with E-state index in [9.17, 15) is 4.39 Å². The van der Waals surface area contributed by atoms with Gasteiger partial charge in [0.05, 0.1) is 5.69 Å². The molecule has 1 nitrogen and oxygen atoms in total. The predicted octanol–water partition coefficient (Wildman–Crippen LogP) is 5.15. The molecule has 0 heterocycles. The zero-order valence-corrected chi connectivity index (χ0v) is 14.0. The van der Waals surface area contributed by atoms with E-state index in [1.807, 2.05) is 13.8 Å². The van der Waals surface area contributed by atoms with Gasteiger partial charge < -0.3 is 5.32 Å². The van der Waals surface area contributed by atoms with Gasteiger partial charge >= 0.3 is 0 Å². The summed E-state index contributed by atoms with van der Waals surface area (Å²) in [6.45, 7) is 5.67. The first-order valence-corrected chi connectivity index (χ1v) is 9.41. The number of rotatable bonds is 4. The van der Waals surface area contributed by atoms with Crippen LogP contribution in [0.1, 0.15) is 25.8 Å². The number of hydrogen-bond acceptors (Lipinski definition) is 2. The molecule has 1 rings (SSSR count). The number of nitrogens with one attached hydrogen (secondary N) is 1. The van der Waals surface area contributed by atoms with Gasteiger partial charge in [-0.3, -0.25) is 0 Å². The fraction of sp³-hybridized carbons (Fsp3) is 0.385. The second-order valence-corrected chi connectivity index (χ2v) is 9.49. The highest BCUT2D eigenvalue weighted by Gasteiger charge is 2.19. The largest absolute Gasteiger partial charge is 0.345 e. The third kappa shape index (κ3) is 4.10. The molecule has 2 radical (unpaired) electrons. The van der Waals surface area contributed by atoms with Gasteiger partial charge in [-0.25, -0.2) is 13.3 Å². The Labute approximate surface area is 127 Å². The molecule has 0 saturated heterocycles. The summed E-state index contributed by atoms with van der Waals surface area (Å²) in [4.78, 5) is 0.692. The number of thiol groups is 1. The van der Waals surface area contributed by atoms with Gasteiger partial charge in [-0.05, 0) is 49.8 Å². The van der Waals surface area contributed by atoms with Crippen LogP contribution >= 0.6 is 32.2 Å². The third-order valence-electron chi connectivity index (χ3n) is 2.90. The van der Waals surface area contributed by atoms with Crippen LogP contribution in [0.2, 0.25) is 0 Å². The maximum atomic E-state index is 13.7. The van der Waals surface area contributed by atoms with Crippen LogP contribution in [-0.4, -0.2) is 13.4 Å². The predicted molar refractivity (Wildman–Crippen MR) is 90.1 cm³/mol. The second-order valence-electron chi connectivity index (χ2n) is 4.56. The first-order chi connectivity index (χ1) is 8.68. The zero-order chi connectivity index (χ0) is 14.8. The lowest BCUT2D eigenvalue weighted by Crippen LogP contribution is -2.04. The van der Waals surface area contributed by atoms with Crippen molar-refractivity contribution in [3.8, 4) is 0 Å². The molecule has 6 heteroatoms. The van der Waals surface area contributed by atoms with E-state index in [1.54, 1.807) is 19.2 Å². The first kappa shape index (κ1) is 16.8. The van der Waals surface area contributed by atoms with E-state index in [2.05, 4.69) is 17.0 Å². The van der Waals surface area contributed by atoms with Gasteiger partial charge in [-0.2, -0.15) is 0 Å². The molecule has 0 aromatic heterocycles. The van der Waals surface area contributed by atoms with Gasteiger partial charge in [0.1, 0.15) is 11.0 Å². The normalized spacial score (nSPS) is 17.4. The van der Waals surface area contributed by atoms with E-state index in [4.69, 9.17) is 18.7 Å². The molecule has 1 N–H and O–H groups in total. The molecule has 19 heavy (non-hydrogen) atoms. The smallest absolute Gasteiger partial charge is 0.157 e. The standard InChI is InChI=1S/C13H18BClFNS2/c1-5-8(2)13(15)17-11-7-6-10(16)9(3)12(11)19(4,14)18/h6-7,17-18H,5H2,1-4H3/b13-8+. The van der Waals surface area contributed by atoms with Crippen molar-refractivity contribution in [2.75, 3.05) is 11.6 Å². The van der Waals surface area contributed by atoms with Crippen LogP contribution in [0.5, 0.6) is 0 Å². The van der Waals surface area contributed by atoms with Crippen LogP contribution in [0.4, 0.5) is 10.1 Å². The fourth-order valence-corrected chi connectivity index (χ4v) is 3.90. The van der Waals surface area contributed by atoms with E-state index >= 15 is 0 Å². The molecule has 1 unspecified atom stereocenters. The molecule has 0 amide bonds. The molecule has 1 aromatic carbocycles. The number of hydrogen-bond donors (Lipinski definition) is 2. The van der Waals surface area contributed by atoms with E-state index in [0.29, 0.717) is 21.3 Å². The maximum Gasteiger partial charge on any atom is 0.157 e. The minimum Gasteiger partial charge on any atom is -0.345 e. The van der Waals surface area contributed by atoms with Gasteiger partial charge in [-0.1, -0.05) is 18.5 Å². The van der Waals surface area contributed by atoms with Crippen molar-refractivity contribution in [3.63, 3.8) is 0 Å². The van der Waals surface area contributed by atoms with E-state index < -0.39 is 8.91 Å². The third-order valence-corrected chi connectivity index (χ3v) is 5.22. The van der Waals surface area contributed by atoms with Crippen LogP contribution in [0.15, 0.2) is 27.8 Å². The molecule has 0 aliphatic rings. The van der Waals surface area contributed by atoms with Crippen molar-refractivity contribution in [2.45, 2.75) is 32.1 Å². The molecular formula is C13H18BClFNS2. The molecule has 0 bridgehead atoms. The topological polar surface area (TPSA) is 12.0 Å². The molecule has 104 valence electrons. The average molecular weight is 318 g/mol. The Morgan fingerprint density at radius 2 is 2.11 bits per heavy atom. The van der Waals surface area contributed by atoms with Crippen molar-refractivity contribution in [1.29, 1.82) is 0 Å². The molecule has 1 aromatic rings. The summed E-state index contributed by atoms with van der Waals surface area (Å²) in [6, 6.07) is 3.06. The van der Waals surface area contributed by atoms with Crippen LogP contribution in [0.25, 0.3) is 0 Å². The van der Waals surface area contributed by atoms with Crippen molar-refractivity contribution in [2.24, 2.45) is 0 Å². The number of allylic oxidation sites excluding steroid dienone is 1. The minimum absolute atomic E-state index is 0.286. The summed E-state index contributed by atoms with van der Waals surface area (Å²) in [6.07, 6.45) is 2.64. The first-order valence-electron chi connectivity index (χ1n) is 5.88. The molecule has 0 saturated carbocycles. The average Bonchev–Trinajstić information content (AvgIpc) is 2.31. The summed E-state index contributed by atoms with van der Waals surface area (Å²) in [5, 5.41) is 3.65. The highest BCUT2D eigenvalue weighted by molar-refractivity contribution is 8.96. The number of halogens is 2. The van der Waals surface area contributed by atoms with Crippen molar-refractivity contribution >= 4 is 45.0 Å². The van der Waals surface area contributed by atoms with Gasteiger partial charge in [0.25, 0.3) is 0 Å². The lowest BCUT2D eigenvalue weighted by Gasteiger charge is -2.30. The van der Waals surface area contributed by atoms with Crippen molar-refractivity contribution < 1.29 is 4.39 Å². The van der Waals surface area contributed by atoms with Crippen LogP contribution in [0, 0.1) is 12.7 Å². The van der Waals surface area contributed by atoms with E-state index in [1.165, 1.54) is 6.07 Å². The quantitative estimate of drug-likeness (QED) is 0.339. The highest BCUT2D eigenvalue weighted by Crippen LogP contribution is 2.57. The Morgan fingerprint density at radius 3 is 2.58 bits per heavy atom. The Morgan fingerprint density at radius 1 is 1.53 bits per heavy atom. The van der Waals surface area contributed by atoms with Gasteiger partial charge in [0.2, 0.25) is 0 Å². The van der Waals surface area contributed by atoms with Gasteiger partial charge in [0, 0.05) is 4.90 Å². The minimum atomic E-state index is -1.85. The Kier molecular flexibility index (Phi) is 5.71. The summed E-state index contributed by atoms with van der Waals surface area (Å²) in [5.41, 5.74) is 2.26. The van der Waals surface area contributed by atoms with E-state index in [0.717, 1.165) is 12.0 Å². The Bertz CT molecular complexity index is 512. The molecule has 0 aliphatic heterocycles. The SMILES string of the molecule is [B]S(C)(S)c1c(N/C(Cl)=C(\C)CC)ccc(F)c1C. The summed E-state index contributed by atoms with van der Waals surface area (Å²) in [7, 11) is 4.24. The summed E-state index contributed by atoms with van der Waals surface area (Å²) >= 11 is 10.6. The monoisotopic (exact) mass is 317 g/mol. The molecule has 0 aliphatic carbocycles. The van der Waals surface area contributed by atoms with Crippen molar-refractivity contribution in [3.05, 3.63) is 34.2 Å². The summed E-state index contributed by atoms with van der Waals surface area (Å²) < 4.78 is 13.7. The van der Waals surface area contributed by atoms with Gasteiger partial charge in [-0.15, -0.1) is 11.7 Å². The van der Waals surface area contributed by atoms with Crippen molar-refractivity contribution in [1.82, 2.24) is 0 Å². The van der Waals surface area contributed by atoms with Crippen LogP contribution < -0.4 is 5.32 Å². The summed E-state index contributed by atoms with van der Waals surface area (Å²) in [5.74, 6) is -0.286. The lowest BCUT2D eigenvalue weighted by molar-refractivity contribution is 0.614. The zero-order valence-electron chi connectivity index (χ0n) is 11.6. The van der Waals surface area contributed by atoms with Gasteiger partial charge in [0.15, 0.2) is 7.12 Å². The number of anilines is 1. The lowest BCUT2D eigenvalue weighted by atomic mass is 10.2. The van der Waals surface area contributed by atoms with E-state index in [-0.39, 0.29) is 5.82 Å². The Balaban J connectivity index is 3.34. The van der Waals surface area contributed by atoms with Crippen LogP contribution in [-0.2, 0) is 0 Å². The molecule has 0 spiro atoms. The fourth-order valence-electron chi connectivity index (χ4n) is 1.68. The van der Waals surface area contributed by atoms with Crippen LogP contribution in [0.3, 0.4) is 0 Å². The number of benzene rings is 1. The second kappa shape index (κ2) is 6.46. The Hall–Kier alpha value is -0.255.